The van der Waals surface area contributed by atoms with Gasteiger partial charge in [0.2, 0.25) is 5.69 Å². The molecule has 0 saturated carbocycles. The number of amides is 1. The number of anilines is 1. The fraction of sp³-hybridized carbons (Fsp3) is 0.235. The molecule has 0 aliphatic carbocycles. The Bertz CT molecular complexity index is 1020. The first-order valence-electron chi connectivity index (χ1n) is 8.04. The second kappa shape index (κ2) is 7.31. The molecule has 0 bridgehead atoms. The molecule has 0 unspecified atom stereocenters. The predicted octanol–water partition coefficient (Wildman–Crippen LogP) is 3.20. The minimum absolute atomic E-state index is 0.250. The molecule has 0 saturated heterocycles. The Morgan fingerprint density at radius 2 is 1.93 bits per heavy atom. The van der Waals surface area contributed by atoms with Gasteiger partial charge in [0.1, 0.15) is 5.69 Å². The standard InChI is InChI=1S/C17H17BrN6O3/c1-10-4-6-12(7-5-10)8-23-9-13(18)16(21-23)19-17(25)14-15(24(26)27)11(2)22(3)20-14/h4-7,9H,8H2,1-3H3,(H,19,21,25). The van der Waals surface area contributed by atoms with E-state index in [0.717, 1.165) is 5.56 Å². The highest BCUT2D eigenvalue weighted by atomic mass is 79.9. The van der Waals surface area contributed by atoms with Gasteiger partial charge in [-0.15, -0.1) is 0 Å². The quantitative estimate of drug-likeness (QED) is 0.491. The van der Waals surface area contributed by atoms with Gasteiger partial charge in [0, 0.05) is 13.2 Å². The van der Waals surface area contributed by atoms with Crippen molar-refractivity contribution in [1.82, 2.24) is 19.6 Å². The maximum atomic E-state index is 12.5. The third-order valence-electron chi connectivity index (χ3n) is 4.11. The number of halogens is 1. The van der Waals surface area contributed by atoms with E-state index in [-0.39, 0.29) is 17.2 Å². The van der Waals surface area contributed by atoms with E-state index in [2.05, 4.69) is 31.4 Å². The Morgan fingerprint density at radius 3 is 2.56 bits per heavy atom. The van der Waals surface area contributed by atoms with Gasteiger partial charge in [-0.05, 0) is 35.3 Å². The maximum Gasteiger partial charge on any atom is 0.322 e. The summed E-state index contributed by atoms with van der Waals surface area (Å²) < 4.78 is 3.54. The molecule has 3 aromatic rings. The molecule has 3 rings (SSSR count). The average molecular weight is 433 g/mol. The lowest BCUT2D eigenvalue weighted by atomic mass is 10.1. The largest absolute Gasteiger partial charge is 0.322 e. The van der Waals surface area contributed by atoms with E-state index < -0.39 is 10.8 Å². The number of carbonyl (C=O) groups is 1. The number of hydrogen-bond donors (Lipinski definition) is 1. The summed E-state index contributed by atoms with van der Waals surface area (Å²) in [5.41, 5.74) is 1.96. The highest BCUT2D eigenvalue weighted by molar-refractivity contribution is 9.10. The summed E-state index contributed by atoms with van der Waals surface area (Å²) in [5.74, 6) is -0.420. The van der Waals surface area contributed by atoms with Gasteiger partial charge in [-0.1, -0.05) is 29.8 Å². The minimum atomic E-state index is -0.688. The molecule has 0 aliphatic rings. The van der Waals surface area contributed by atoms with Gasteiger partial charge in [-0.25, -0.2) is 0 Å². The molecule has 0 fully saturated rings. The summed E-state index contributed by atoms with van der Waals surface area (Å²) in [6, 6.07) is 8.03. The van der Waals surface area contributed by atoms with Crippen molar-refractivity contribution in [3.05, 3.63) is 67.6 Å². The number of nitrogens with one attached hydrogen (secondary N) is 1. The van der Waals surface area contributed by atoms with Crippen LogP contribution in [0.15, 0.2) is 34.9 Å². The number of benzene rings is 1. The zero-order valence-corrected chi connectivity index (χ0v) is 16.5. The third-order valence-corrected chi connectivity index (χ3v) is 4.69. The van der Waals surface area contributed by atoms with Crippen LogP contribution in [0.5, 0.6) is 0 Å². The molecule has 1 N–H and O–H groups in total. The SMILES string of the molecule is Cc1ccc(Cn2cc(Br)c(NC(=O)c3nn(C)c(C)c3[N+](=O)[O-])n2)cc1. The van der Waals surface area contributed by atoms with Crippen molar-refractivity contribution < 1.29 is 9.72 Å². The monoisotopic (exact) mass is 432 g/mol. The Morgan fingerprint density at radius 1 is 1.26 bits per heavy atom. The van der Waals surface area contributed by atoms with E-state index >= 15 is 0 Å². The smallest absolute Gasteiger partial charge is 0.302 e. The molecule has 0 radical (unpaired) electrons. The molecule has 0 atom stereocenters. The molecule has 27 heavy (non-hydrogen) atoms. The molecule has 2 heterocycles. The topological polar surface area (TPSA) is 108 Å². The van der Waals surface area contributed by atoms with E-state index in [4.69, 9.17) is 0 Å². The summed E-state index contributed by atoms with van der Waals surface area (Å²) in [4.78, 5) is 23.1. The van der Waals surface area contributed by atoms with Crippen molar-refractivity contribution >= 4 is 33.3 Å². The lowest BCUT2D eigenvalue weighted by molar-refractivity contribution is -0.385. The number of nitro groups is 1. The van der Waals surface area contributed by atoms with Crippen LogP contribution in [0.1, 0.15) is 27.3 Å². The van der Waals surface area contributed by atoms with Crippen LogP contribution in [0.4, 0.5) is 11.5 Å². The first-order valence-corrected chi connectivity index (χ1v) is 8.83. The number of hydrogen-bond acceptors (Lipinski definition) is 5. The van der Waals surface area contributed by atoms with Crippen molar-refractivity contribution in [2.75, 3.05) is 5.32 Å². The third kappa shape index (κ3) is 3.90. The molecule has 0 spiro atoms. The summed E-state index contributed by atoms with van der Waals surface area (Å²) in [7, 11) is 1.55. The van der Waals surface area contributed by atoms with Crippen molar-refractivity contribution in [1.29, 1.82) is 0 Å². The predicted molar refractivity (Wildman–Crippen MR) is 103 cm³/mol. The van der Waals surface area contributed by atoms with Gasteiger partial charge in [-0.3, -0.25) is 24.3 Å². The van der Waals surface area contributed by atoms with Crippen molar-refractivity contribution in [2.24, 2.45) is 7.05 Å². The van der Waals surface area contributed by atoms with Gasteiger partial charge in [0.05, 0.1) is 15.9 Å². The van der Waals surface area contributed by atoms with E-state index in [1.807, 2.05) is 31.2 Å². The molecule has 2 aromatic heterocycles. The number of carbonyl (C=O) groups excluding carboxylic acids is 1. The zero-order chi connectivity index (χ0) is 19.7. The normalized spacial score (nSPS) is 10.8. The van der Waals surface area contributed by atoms with Crippen molar-refractivity contribution in [2.45, 2.75) is 20.4 Å². The molecule has 9 nitrogen and oxygen atoms in total. The molecular formula is C17H17BrN6O3. The molecule has 140 valence electrons. The van der Waals surface area contributed by atoms with Crippen LogP contribution in [0.3, 0.4) is 0 Å². The fourth-order valence-electron chi connectivity index (χ4n) is 2.58. The first-order chi connectivity index (χ1) is 12.8. The summed E-state index contributed by atoms with van der Waals surface area (Å²) in [5, 5.41) is 22.1. The Hall–Kier alpha value is -3.01. The summed E-state index contributed by atoms with van der Waals surface area (Å²) >= 11 is 3.35. The highest BCUT2D eigenvalue weighted by Gasteiger charge is 2.29. The van der Waals surface area contributed by atoms with Gasteiger partial charge >= 0.3 is 5.69 Å². The van der Waals surface area contributed by atoms with Crippen LogP contribution in [0.2, 0.25) is 0 Å². The number of rotatable bonds is 5. The Kier molecular flexibility index (Phi) is 5.08. The lowest BCUT2D eigenvalue weighted by Crippen LogP contribution is -2.15. The first kappa shape index (κ1) is 18.8. The van der Waals surface area contributed by atoms with Gasteiger partial charge < -0.3 is 5.32 Å². The Balaban J connectivity index is 1.81. The molecular weight excluding hydrogens is 416 g/mol. The van der Waals surface area contributed by atoms with Crippen molar-refractivity contribution in [3.63, 3.8) is 0 Å². The minimum Gasteiger partial charge on any atom is -0.302 e. The van der Waals surface area contributed by atoms with E-state index in [9.17, 15) is 14.9 Å². The van der Waals surface area contributed by atoms with Gasteiger partial charge in [0.15, 0.2) is 5.82 Å². The lowest BCUT2D eigenvalue weighted by Gasteiger charge is -2.03. The van der Waals surface area contributed by atoms with E-state index in [1.54, 1.807) is 17.9 Å². The molecule has 10 heteroatoms. The zero-order valence-electron chi connectivity index (χ0n) is 14.9. The second-order valence-corrected chi connectivity index (χ2v) is 6.98. The molecule has 1 aromatic carbocycles. The Labute approximate surface area is 163 Å². The van der Waals surface area contributed by atoms with Crippen LogP contribution >= 0.6 is 15.9 Å². The van der Waals surface area contributed by atoms with Gasteiger partial charge in [0.25, 0.3) is 5.91 Å². The number of aryl methyl sites for hydroxylation is 2. The van der Waals surface area contributed by atoms with Crippen molar-refractivity contribution in [3.8, 4) is 0 Å². The number of nitrogens with zero attached hydrogens (tertiary/aromatic N) is 5. The van der Waals surface area contributed by atoms with Crippen LogP contribution in [-0.2, 0) is 13.6 Å². The average Bonchev–Trinajstić information content (AvgIpc) is 3.09. The second-order valence-electron chi connectivity index (χ2n) is 6.13. The van der Waals surface area contributed by atoms with Crippen LogP contribution < -0.4 is 5.32 Å². The molecule has 0 aliphatic heterocycles. The highest BCUT2D eigenvalue weighted by Crippen LogP contribution is 2.25. The molecule has 1 amide bonds. The van der Waals surface area contributed by atoms with Crippen LogP contribution in [-0.4, -0.2) is 30.4 Å². The van der Waals surface area contributed by atoms with E-state index in [1.165, 1.54) is 17.2 Å². The fourth-order valence-corrected chi connectivity index (χ4v) is 2.99. The summed E-state index contributed by atoms with van der Waals surface area (Å²) in [6.45, 7) is 4.08. The van der Waals surface area contributed by atoms with Crippen LogP contribution in [0.25, 0.3) is 0 Å². The maximum absolute atomic E-state index is 12.5. The van der Waals surface area contributed by atoms with Crippen LogP contribution in [0, 0.1) is 24.0 Å². The number of aromatic nitrogens is 4. The van der Waals surface area contributed by atoms with E-state index in [0.29, 0.717) is 16.7 Å². The summed E-state index contributed by atoms with van der Waals surface area (Å²) in [6.07, 6.45) is 1.73. The van der Waals surface area contributed by atoms with Gasteiger partial charge in [-0.2, -0.15) is 10.2 Å².